The molecule has 154 valence electrons. The second-order valence-corrected chi connectivity index (χ2v) is 8.33. The molecule has 2 unspecified atom stereocenters. The van der Waals surface area contributed by atoms with Gasteiger partial charge in [0.15, 0.2) is 5.13 Å². The highest BCUT2D eigenvalue weighted by Gasteiger charge is 2.33. The highest BCUT2D eigenvalue weighted by atomic mass is 32.1. The van der Waals surface area contributed by atoms with Crippen molar-refractivity contribution in [1.82, 2.24) is 10.3 Å². The van der Waals surface area contributed by atoms with E-state index in [9.17, 15) is 9.59 Å². The number of carbonyl (C=O) groups is 2. The highest BCUT2D eigenvalue weighted by molar-refractivity contribution is 7.16. The molecule has 0 saturated heterocycles. The van der Waals surface area contributed by atoms with E-state index in [4.69, 9.17) is 4.74 Å². The van der Waals surface area contributed by atoms with Crippen LogP contribution in [-0.2, 0) is 11.2 Å². The Hall–Kier alpha value is -3.19. The molecule has 4 rings (SSSR count). The summed E-state index contributed by atoms with van der Waals surface area (Å²) < 4.78 is 5.12. The van der Waals surface area contributed by atoms with Gasteiger partial charge < -0.3 is 10.1 Å². The Kier molecular flexibility index (Phi) is 5.81. The van der Waals surface area contributed by atoms with Gasteiger partial charge in [0.1, 0.15) is 5.75 Å². The Morgan fingerprint density at radius 2 is 1.87 bits per heavy atom. The van der Waals surface area contributed by atoms with Gasteiger partial charge in [-0.1, -0.05) is 30.3 Å². The maximum absolute atomic E-state index is 12.9. The van der Waals surface area contributed by atoms with Crippen molar-refractivity contribution in [2.75, 3.05) is 12.4 Å². The van der Waals surface area contributed by atoms with Crippen molar-refractivity contribution in [2.24, 2.45) is 0 Å². The molecule has 2 atom stereocenters. The van der Waals surface area contributed by atoms with Gasteiger partial charge in [0, 0.05) is 10.4 Å². The molecular weight excluding hydrogens is 398 g/mol. The number of fused-ring (bicyclic) bond motifs is 1. The topological polar surface area (TPSA) is 80.3 Å². The fourth-order valence-electron chi connectivity index (χ4n) is 3.59. The van der Waals surface area contributed by atoms with Crippen molar-refractivity contribution in [3.8, 4) is 5.75 Å². The fraction of sp³-hybridized carbons (Fsp3) is 0.261. The van der Waals surface area contributed by atoms with E-state index in [2.05, 4.69) is 15.6 Å². The smallest absolute Gasteiger partial charge is 0.257 e. The van der Waals surface area contributed by atoms with Crippen LogP contribution in [0.5, 0.6) is 5.75 Å². The van der Waals surface area contributed by atoms with Crippen molar-refractivity contribution < 1.29 is 14.3 Å². The number of aromatic nitrogens is 1. The molecule has 1 aliphatic carbocycles. The summed E-state index contributed by atoms with van der Waals surface area (Å²) in [6, 6.07) is 16.7. The number of rotatable bonds is 6. The van der Waals surface area contributed by atoms with Crippen LogP contribution in [0.2, 0.25) is 0 Å². The molecule has 0 saturated carbocycles. The fourth-order valence-corrected chi connectivity index (χ4v) is 4.62. The molecule has 2 amide bonds. The van der Waals surface area contributed by atoms with Gasteiger partial charge in [0.25, 0.3) is 5.91 Å². The third kappa shape index (κ3) is 4.21. The zero-order valence-electron chi connectivity index (χ0n) is 16.8. The first kappa shape index (κ1) is 20.1. The van der Waals surface area contributed by atoms with Gasteiger partial charge in [-0.25, -0.2) is 4.98 Å². The Balaban J connectivity index is 1.42. The minimum absolute atomic E-state index is 0.0246. The number of nitrogens with one attached hydrogen (secondary N) is 2. The summed E-state index contributed by atoms with van der Waals surface area (Å²) in [5.74, 6) is 0.152. The van der Waals surface area contributed by atoms with Gasteiger partial charge in [-0.2, -0.15) is 0 Å². The number of hydrogen-bond acceptors (Lipinski definition) is 5. The van der Waals surface area contributed by atoms with Gasteiger partial charge in [0.05, 0.1) is 24.8 Å². The summed E-state index contributed by atoms with van der Waals surface area (Å²) in [6.07, 6.45) is 1.54. The van der Waals surface area contributed by atoms with E-state index in [1.165, 1.54) is 11.3 Å². The second-order valence-electron chi connectivity index (χ2n) is 7.24. The number of carbonyl (C=O) groups excluding carboxylic acids is 2. The van der Waals surface area contributed by atoms with Crippen LogP contribution < -0.4 is 15.4 Å². The van der Waals surface area contributed by atoms with Gasteiger partial charge in [-0.05, 0) is 49.6 Å². The molecule has 0 fully saturated rings. The molecule has 1 aromatic heterocycles. The molecule has 1 heterocycles. The van der Waals surface area contributed by atoms with Crippen molar-refractivity contribution >= 4 is 28.3 Å². The van der Waals surface area contributed by atoms with E-state index < -0.39 is 0 Å². The largest absolute Gasteiger partial charge is 0.497 e. The summed E-state index contributed by atoms with van der Waals surface area (Å²) >= 11 is 1.44. The summed E-state index contributed by atoms with van der Waals surface area (Å²) in [5, 5.41) is 6.46. The Morgan fingerprint density at radius 3 is 2.57 bits per heavy atom. The van der Waals surface area contributed by atoms with Crippen LogP contribution in [-0.4, -0.2) is 23.9 Å². The van der Waals surface area contributed by atoms with Gasteiger partial charge in [0.2, 0.25) is 5.91 Å². The van der Waals surface area contributed by atoms with E-state index in [0.717, 1.165) is 29.0 Å². The predicted octanol–water partition coefficient (Wildman–Crippen LogP) is 4.31. The molecular formula is C23H23N3O3S. The third-order valence-electron chi connectivity index (χ3n) is 5.27. The van der Waals surface area contributed by atoms with Crippen molar-refractivity contribution in [3.63, 3.8) is 0 Å². The lowest BCUT2D eigenvalue weighted by molar-refractivity contribution is -0.123. The Bertz CT molecular complexity index is 1050. The number of methoxy groups -OCH3 is 1. The standard InChI is InChI=1S/C23H23N3O3S/c1-14(15-6-4-3-5-7-15)24-22(28)18-12-13-19-20(18)25-23(30-19)26-21(27)16-8-10-17(29-2)11-9-16/h3-11,14,18H,12-13H2,1-2H3,(H,24,28)(H,25,26,27). The zero-order valence-corrected chi connectivity index (χ0v) is 17.7. The van der Waals surface area contributed by atoms with Gasteiger partial charge in [-0.3, -0.25) is 14.9 Å². The quantitative estimate of drug-likeness (QED) is 0.621. The molecule has 0 radical (unpaired) electrons. The van der Waals surface area contributed by atoms with E-state index in [1.807, 2.05) is 37.3 Å². The number of anilines is 1. The van der Waals surface area contributed by atoms with Crippen molar-refractivity contribution in [2.45, 2.75) is 31.7 Å². The van der Waals surface area contributed by atoms with Crippen LogP contribution in [0, 0.1) is 0 Å². The maximum Gasteiger partial charge on any atom is 0.257 e. The van der Waals surface area contributed by atoms with Crippen LogP contribution in [0.4, 0.5) is 5.13 Å². The first-order chi connectivity index (χ1) is 14.5. The van der Waals surface area contributed by atoms with Crippen LogP contribution in [0.3, 0.4) is 0 Å². The van der Waals surface area contributed by atoms with E-state index in [-0.39, 0.29) is 23.8 Å². The molecule has 0 bridgehead atoms. The molecule has 1 aliphatic rings. The summed E-state index contributed by atoms with van der Waals surface area (Å²) in [5.41, 5.74) is 2.37. The van der Waals surface area contributed by atoms with Crippen LogP contribution in [0.1, 0.15) is 51.8 Å². The number of hydrogen-bond donors (Lipinski definition) is 2. The lowest BCUT2D eigenvalue weighted by Gasteiger charge is -2.17. The number of nitrogens with zero attached hydrogens (tertiary/aromatic N) is 1. The van der Waals surface area contributed by atoms with E-state index >= 15 is 0 Å². The predicted molar refractivity (Wildman–Crippen MR) is 117 cm³/mol. The monoisotopic (exact) mass is 421 g/mol. The van der Waals surface area contributed by atoms with Crippen molar-refractivity contribution in [1.29, 1.82) is 0 Å². The molecule has 0 aliphatic heterocycles. The lowest BCUT2D eigenvalue weighted by Crippen LogP contribution is -2.31. The summed E-state index contributed by atoms with van der Waals surface area (Å²) in [7, 11) is 1.58. The van der Waals surface area contributed by atoms with Crippen LogP contribution >= 0.6 is 11.3 Å². The van der Waals surface area contributed by atoms with E-state index in [0.29, 0.717) is 16.4 Å². The molecule has 3 aromatic rings. The van der Waals surface area contributed by atoms with Gasteiger partial charge >= 0.3 is 0 Å². The molecule has 6 nitrogen and oxygen atoms in total. The third-order valence-corrected chi connectivity index (χ3v) is 6.31. The first-order valence-corrected chi connectivity index (χ1v) is 10.7. The highest BCUT2D eigenvalue weighted by Crippen LogP contribution is 2.38. The summed E-state index contributed by atoms with van der Waals surface area (Å²) in [4.78, 5) is 31.0. The maximum atomic E-state index is 12.9. The van der Waals surface area contributed by atoms with Crippen LogP contribution in [0.15, 0.2) is 54.6 Å². The number of amides is 2. The minimum atomic E-state index is -0.283. The molecule has 2 aromatic carbocycles. The lowest BCUT2D eigenvalue weighted by atomic mass is 10.0. The number of aryl methyl sites for hydroxylation is 1. The molecule has 30 heavy (non-hydrogen) atoms. The van der Waals surface area contributed by atoms with Gasteiger partial charge in [-0.15, -0.1) is 11.3 Å². The normalized spacial score (nSPS) is 15.9. The SMILES string of the molecule is COc1ccc(C(=O)Nc2nc3c(s2)CCC3C(=O)NC(C)c2ccccc2)cc1. The Labute approximate surface area is 179 Å². The van der Waals surface area contributed by atoms with Crippen molar-refractivity contribution in [3.05, 3.63) is 76.3 Å². The number of thiazole rings is 1. The number of ether oxygens (including phenoxy) is 1. The minimum Gasteiger partial charge on any atom is -0.497 e. The molecule has 2 N–H and O–H groups in total. The molecule has 7 heteroatoms. The average molecular weight is 422 g/mol. The first-order valence-electron chi connectivity index (χ1n) is 9.85. The van der Waals surface area contributed by atoms with E-state index in [1.54, 1.807) is 31.4 Å². The second kappa shape index (κ2) is 8.67. The summed E-state index contributed by atoms with van der Waals surface area (Å²) in [6.45, 7) is 1.98. The van der Waals surface area contributed by atoms with Crippen LogP contribution in [0.25, 0.3) is 0 Å². The molecule has 0 spiro atoms. The number of benzene rings is 2. The Morgan fingerprint density at radius 1 is 1.13 bits per heavy atom. The average Bonchev–Trinajstić information content (AvgIpc) is 3.34. The zero-order chi connectivity index (χ0) is 21.1.